The number of hydrazine groups is 1. The van der Waals surface area contributed by atoms with Gasteiger partial charge in [0, 0.05) is 23.1 Å². The highest BCUT2D eigenvalue weighted by molar-refractivity contribution is 6.15. The lowest BCUT2D eigenvalue weighted by molar-refractivity contribution is -0.612. The highest BCUT2D eigenvalue weighted by atomic mass is 16.7. The molecular weight excluding hydrogens is 224 g/mol. The van der Waals surface area contributed by atoms with Crippen LogP contribution in [0.2, 0.25) is 0 Å². The Labute approximate surface area is 96.3 Å². The van der Waals surface area contributed by atoms with E-state index in [2.05, 4.69) is 0 Å². The molecule has 1 aliphatic rings. The normalized spacial score (nSPS) is 15.1. The van der Waals surface area contributed by atoms with E-state index in [0.29, 0.717) is 0 Å². The Bertz CT molecular complexity index is 522. The van der Waals surface area contributed by atoms with E-state index in [9.17, 15) is 19.7 Å². The highest BCUT2D eigenvalue weighted by Crippen LogP contribution is 2.17. The molecule has 1 aromatic carbocycles. The fourth-order valence-electron chi connectivity index (χ4n) is 1.61. The van der Waals surface area contributed by atoms with E-state index < -0.39 is 16.8 Å². The molecule has 17 heavy (non-hydrogen) atoms. The molecule has 1 aliphatic heterocycles. The van der Waals surface area contributed by atoms with E-state index in [1.54, 1.807) is 24.3 Å². The molecule has 0 saturated carbocycles. The summed E-state index contributed by atoms with van der Waals surface area (Å²) in [4.78, 5) is 33.2. The Balaban J connectivity index is 2.20. The maximum atomic E-state index is 11.6. The third-order valence-electron chi connectivity index (χ3n) is 2.37. The minimum Gasteiger partial charge on any atom is -0.263 e. The highest BCUT2D eigenvalue weighted by Gasteiger charge is 2.39. The number of hydrogen-bond acceptors (Lipinski definition) is 4. The minimum atomic E-state index is -1.00. The second kappa shape index (κ2) is 4.17. The quantitative estimate of drug-likeness (QED) is 0.436. The summed E-state index contributed by atoms with van der Waals surface area (Å²) < 4.78 is 0. The van der Waals surface area contributed by atoms with Crippen molar-refractivity contribution in [3.63, 3.8) is 0 Å². The predicted octanol–water partition coefficient (Wildman–Crippen LogP) is 0.716. The molecule has 1 aromatic rings. The average molecular weight is 232 g/mol. The molecule has 0 N–H and O–H groups in total. The Morgan fingerprint density at radius 1 is 1.18 bits per heavy atom. The number of nitro groups is 1. The Kier molecular flexibility index (Phi) is 2.70. The lowest BCUT2D eigenvalue weighted by Crippen LogP contribution is -2.36. The van der Waals surface area contributed by atoms with Crippen molar-refractivity contribution >= 4 is 11.8 Å². The molecule has 0 radical (unpaired) electrons. The van der Waals surface area contributed by atoms with E-state index in [-0.39, 0.29) is 17.0 Å². The molecule has 6 nitrogen and oxygen atoms in total. The summed E-state index contributed by atoms with van der Waals surface area (Å²) in [6, 6.07) is 8.98. The maximum absolute atomic E-state index is 11.6. The van der Waals surface area contributed by atoms with Crippen LogP contribution in [0.3, 0.4) is 0 Å². The number of carbonyl (C=O) groups is 2. The lowest BCUT2D eigenvalue weighted by Gasteiger charge is -2.03. The number of rotatable bonds is 3. The fourth-order valence-corrected chi connectivity index (χ4v) is 1.61. The first-order chi connectivity index (χ1) is 8.09. The van der Waals surface area contributed by atoms with Gasteiger partial charge in [-0.25, -0.2) is 10.1 Å². The van der Waals surface area contributed by atoms with Crippen LogP contribution in [0.15, 0.2) is 42.0 Å². The van der Waals surface area contributed by atoms with Gasteiger partial charge in [0.15, 0.2) is 5.03 Å². The summed E-state index contributed by atoms with van der Waals surface area (Å²) in [6.07, 6.45) is 1.23. The molecule has 0 aromatic heterocycles. The third kappa shape index (κ3) is 2.05. The van der Waals surface area contributed by atoms with Crippen molar-refractivity contribution in [3.05, 3.63) is 57.7 Å². The van der Waals surface area contributed by atoms with Crippen LogP contribution in [0.5, 0.6) is 0 Å². The van der Waals surface area contributed by atoms with Crippen LogP contribution in [0, 0.1) is 10.1 Å². The first-order valence-corrected chi connectivity index (χ1v) is 4.87. The van der Waals surface area contributed by atoms with E-state index in [4.69, 9.17) is 0 Å². The molecule has 0 bridgehead atoms. The van der Waals surface area contributed by atoms with Crippen LogP contribution >= 0.6 is 0 Å². The largest absolute Gasteiger partial charge is 0.320 e. The third-order valence-corrected chi connectivity index (χ3v) is 2.37. The summed E-state index contributed by atoms with van der Waals surface area (Å²) in [5.41, 5.74) is 0.961. The van der Waals surface area contributed by atoms with Crippen LogP contribution in [0.25, 0.3) is 0 Å². The zero-order valence-corrected chi connectivity index (χ0v) is 8.70. The van der Waals surface area contributed by atoms with Crippen molar-refractivity contribution in [2.24, 2.45) is 0 Å². The number of hydrogen-bond donors (Lipinski definition) is 0. The maximum Gasteiger partial charge on any atom is 0.320 e. The van der Waals surface area contributed by atoms with Gasteiger partial charge in [0.1, 0.15) is 0 Å². The van der Waals surface area contributed by atoms with Gasteiger partial charge in [-0.3, -0.25) is 9.59 Å². The summed E-state index contributed by atoms with van der Waals surface area (Å²) in [6.45, 7) is 0. The standard InChI is InChI=1S/C11H8N2O4/c14-10-7-9(11(15)12(10)13(16)17)6-8-4-2-1-3-5-8/h1-5,7H,6H2. The molecule has 6 heteroatoms. The fraction of sp³-hybridized carbons (Fsp3) is 0.0909. The van der Waals surface area contributed by atoms with Crippen molar-refractivity contribution in [2.75, 3.05) is 0 Å². The molecule has 2 amide bonds. The second-order valence-electron chi connectivity index (χ2n) is 3.52. The van der Waals surface area contributed by atoms with Crippen LogP contribution in [-0.2, 0) is 16.0 Å². The molecule has 1 heterocycles. The van der Waals surface area contributed by atoms with Gasteiger partial charge in [0.05, 0.1) is 0 Å². The topological polar surface area (TPSA) is 80.5 Å². The zero-order chi connectivity index (χ0) is 12.4. The van der Waals surface area contributed by atoms with Crippen molar-refractivity contribution < 1.29 is 14.6 Å². The Morgan fingerprint density at radius 3 is 2.35 bits per heavy atom. The number of amides is 2. The Morgan fingerprint density at radius 2 is 1.82 bits per heavy atom. The van der Waals surface area contributed by atoms with Gasteiger partial charge in [-0.05, 0) is 5.56 Å². The van der Waals surface area contributed by atoms with Crippen LogP contribution in [-0.4, -0.2) is 21.9 Å². The molecule has 0 atom stereocenters. The first-order valence-electron chi connectivity index (χ1n) is 4.87. The molecule has 86 valence electrons. The monoisotopic (exact) mass is 232 g/mol. The summed E-state index contributed by atoms with van der Waals surface area (Å²) in [5.74, 6) is -1.75. The zero-order valence-electron chi connectivity index (χ0n) is 8.70. The van der Waals surface area contributed by atoms with Gasteiger partial charge in [-0.15, -0.1) is 0 Å². The van der Waals surface area contributed by atoms with Crippen LogP contribution in [0.4, 0.5) is 0 Å². The van der Waals surface area contributed by atoms with E-state index in [1.165, 1.54) is 0 Å². The lowest BCUT2D eigenvalue weighted by atomic mass is 10.1. The van der Waals surface area contributed by atoms with E-state index >= 15 is 0 Å². The molecule has 0 fully saturated rings. The second-order valence-corrected chi connectivity index (χ2v) is 3.52. The van der Waals surface area contributed by atoms with Crippen molar-refractivity contribution in [3.8, 4) is 0 Å². The SMILES string of the molecule is O=C1C=C(Cc2ccccc2)C(=O)N1[N+](=O)[O-]. The summed E-state index contributed by atoms with van der Waals surface area (Å²) in [5, 5.41) is 9.50. The average Bonchev–Trinajstić information content (AvgIpc) is 2.55. The number of carbonyl (C=O) groups excluding carboxylic acids is 2. The molecular formula is C11H8N2O4. The van der Waals surface area contributed by atoms with Gasteiger partial charge in [-0.1, -0.05) is 30.3 Å². The first kappa shape index (κ1) is 11.0. The predicted molar refractivity (Wildman–Crippen MR) is 57.1 cm³/mol. The molecule has 0 aliphatic carbocycles. The molecule has 0 spiro atoms. The van der Waals surface area contributed by atoms with Gasteiger partial charge >= 0.3 is 11.8 Å². The van der Waals surface area contributed by atoms with Crippen LogP contribution in [0.1, 0.15) is 5.56 Å². The smallest absolute Gasteiger partial charge is 0.263 e. The van der Waals surface area contributed by atoms with Crippen molar-refractivity contribution in [2.45, 2.75) is 6.42 Å². The minimum absolute atomic E-state index is 0.0261. The molecule has 2 rings (SSSR count). The van der Waals surface area contributed by atoms with Gasteiger partial charge in [0.25, 0.3) is 0 Å². The van der Waals surface area contributed by atoms with Gasteiger partial charge in [0.2, 0.25) is 0 Å². The number of imide groups is 1. The van der Waals surface area contributed by atoms with Gasteiger partial charge in [-0.2, -0.15) is 0 Å². The van der Waals surface area contributed by atoms with Gasteiger partial charge < -0.3 is 0 Å². The molecule has 0 unspecified atom stereocenters. The summed E-state index contributed by atoms with van der Waals surface area (Å²) in [7, 11) is 0. The van der Waals surface area contributed by atoms with E-state index in [0.717, 1.165) is 11.6 Å². The molecule has 0 saturated heterocycles. The number of benzene rings is 1. The van der Waals surface area contributed by atoms with E-state index in [1.807, 2.05) is 6.07 Å². The summed E-state index contributed by atoms with van der Waals surface area (Å²) >= 11 is 0. The van der Waals surface area contributed by atoms with Crippen molar-refractivity contribution in [1.29, 1.82) is 0 Å². The van der Waals surface area contributed by atoms with Crippen molar-refractivity contribution in [1.82, 2.24) is 5.01 Å². The Hall–Kier alpha value is -2.50. The van der Waals surface area contributed by atoms with Crippen LogP contribution < -0.4 is 0 Å². The number of nitrogens with zero attached hydrogens (tertiary/aromatic N) is 2.